The van der Waals surface area contributed by atoms with Gasteiger partial charge in [0.15, 0.2) is 0 Å². The fraction of sp³-hybridized carbons (Fsp3) is 0. The molecule has 28 valence electrons. The van der Waals surface area contributed by atoms with Gasteiger partial charge in [-0.1, -0.05) is 6.58 Å². The molecule has 0 heterocycles. The van der Waals surface area contributed by atoms with E-state index in [9.17, 15) is 4.79 Å². The summed E-state index contributed by atoms with van der Waals surface area (Å²) in [6.45, 7) is 3.11. The summed E-state index contributed by atoms with van der Waals surface area (Å²) in [4.78, 5) is 9.51. The molecule has 0 rings (SSSR count). The minimum Gasteiger partial charge on any atom is -0.737 e. The molecule has 0 bridgehead atoms. The second-order valence-corrected chi connectivity index (χ2v) is 0.926. The quantitative estimate of drug-likeness (QED) is 0.207. The second kappa shape index (κ2) is 5.63. The summed E-state index contributed by atoms with van der Waals surface area (Å²) in [5, 5.41) is -0.398. The van der Waals surface area contributed by atoms with Crippen LogP contribution in [0.2, 0.25) is 0 Å². The van der Waals surface area contributed by atoms with Crippen molar-refractivity contribution in [1.82, 2.24) is 0 Å². The Bertz CT molecular complexity index is 61.8. The predicted molar refractivity (Wildman–Crippen MR) is 22.6 cm³/mol. The fourth-order valence-electron chi connectivity index (χ4n) is 0. The van der Waals surface area contributed by atoms with Crippen LogP contribution in [0.3, 0.4) is 0 Å². The van der Waals surface area contributed by atoms with Crippen LogP contribution in [-0.2, 0) is 17.4 Å². The first-order valence-corrected chi connectivity index (χ1v) is 1.51. The van der Waals surface area contributed by atoms with Crippen molar-refractivity contribution in [2.75, 3.05) is 0 Å². The Kier molecular flexibility index (Phi) is 9.20. The largest absolute Gasteiger partial charge is 1.00 e. The van der Waals surface area contributed by atoms with Crippen LogP contribution >= 0.6 is 0 Å². The molecular weight excluding hydrogens is 107 g/mol. The van der Waals surface area contributed by atoms with Crippen LogP contribution in [0.1, 0.15) is 0 Å². The smallest absolute Gasteiger partial charge is 0.737 e. The SMILES string of the molecule is C=CC(=O)[S-].[Na+]. The Hall–Kier alpha value is 0.630. The van der Waals surface area contributed by atoms with Gasteiger partial charge >= 0.3 is 29.6 Å². The van der Waals surface area contributed by atoms with Crippen molar-refractivity contribution in [2.24, 2.45) is 0 Å². The number of hydrogen-bond acceptors (Lipinski definition) is 2. The Morgan fingerprint density at radius 1 is 1.83 bits per heavy atom. The third-order valence-corrected chi connectivity index (χ3v) is 0.333. The molecule has 0 aromatic heterocycles. The molecule has 0 radical (unpaired) electrons. The molecule has 0 spiro atoms. The van der Waals surface area contributed by atoms with Gasteiger partial charge in [0, 0.05) is 5.12 Å². The summed E-state index contributed by atoms with van der Waals surface area (Å²) in [6, 6.07) is 0. The summed E-state index contributed by atoms with van der Waals surface area (Å²) in [5.41, 5.74) is 0. The van der Waals surface area contributed by atoms with E-state index in [-0.39, 0.29) is 29.6 Å². The first-order valence-electron chi connectivity index (χ1n) is 1.11. The van der Waals surface area contributed by atoms with E-state index in [1.165, 1.54) is 0 Å². The zero-order valence-electron chi connectivity index (χ0n) is 3.60. The van der Waals surface area contributed by atoms with Crippen LogP contribution in [0.15, 0.2) is 12.7 Å². The fourth-order valence-corrected chi connectivity index (χ4v) is 0. The van der Waals surface area contributed by atoms with Gasteiger partial charge in [-0.15, -0.1) is 0 Å². The molecule has 3 heteroatoms. The zero-order valence-corrected chi connectivity index (χ0v) is 6.42. The van der Waals surface area contributed by atoms with Crippen LogP contribution in [0.4, 0.5) is 0 Å². The van der Waals surface area contributed by atoms with Gasteiger partial charge in [-0.05, 0) is 6.08 Å². The van der Waals surface area contributed by atoms with Gasteiger partial charge in [-0.25, -0.2) is 0 Å². The second-order valence-electron chi connectivity index (χ2n) is 0.523. The van der Waals surface area contributed by atoms with Gasteiger partial charge in [0.1, 0.15) is 0 Å². The Morgan fingerprint density at radius 3 is 2.00 bits per heavy atom. The minimum atomic E-state index is -0.398. The van der Waals surface area contributed by atoms with Gasteiger partial charge in [-0.2, -0.15) is 0 Å². The van der Waals surface area contributed by atoms with E-state index in [1.807, 2.05) is 0 Å². The molecule has 6 heavy (non-hydrogen) atoms. The Morgan fingerprint density at radius 2 is 2.00 bits per heavy atom. The van der Waals surface area contributed by atoms with Crippen LogP contribution < -0.4 is 29.6 Å². The van der Waals surface area contributed by atoms with Crippen LogP contribution in [0, 0.1) is 0 Å². The van der Waals surface area contributed by atoms with E-state index in [0.717, 1.165) is 6.08 Å². The summed E-state index contributed by atoms with van der Waals surface area (Å²) in [6.07, 6.45) is 1.09. The van der Waals surface area contributed by atoms with Crippen LogP contribution in [0.25, 0.3) is 0 Å². The number of hydrogen-bond donors (Lipinski definition) is 0. The molecule has 0 aliphatic heterocycles. The molecule has 0 aliphatic rings. The molecule has 0 aliphatic carbocycles. The average molecular weight is 110 g/mol. The van der Waals surface area contributed by atoms with Gasteiger partial charge in [0.2, 0.25) is 0 Å². The van der Waals surface area contributed by atoms with Crippen molar-refractivity contribution >= 4 is 17.7 Å². The van der Waals surface area contributed by atoms with E-state index >= 15 is 0 Å². The van der Waals surface area contributed by atoms with Gasteiger partial charge in [0.25, 0.3) is 0 Å². The number of carbonyl (C=O) groups excluding carboxylic acids is 1. The van der Waals surface area contributed by atoms with E-state index in [0.29, 0.717) is 0 Å². The molecule has 0 unspecified atom stereocenters. The molecule has 0 saturated heterocycles. The van der Waals surface area contributed by atoms with Crippen molar-refractivity contribution in [3.05, 3.63) is 12.7 Å². The summed E-state index contributed by atoms with van der Waals surface area (Å²) < 4.78 is 0. The van der Waals surface area contributed by atoms with Crippen molar-refractivity contribution < 1.29 is 34.4 Å². The molecule has 0 amide bonds. The molecule has 1 nitrogen and oxygen atoms in total. The van der Waals surface area contributed by atoms with Gasteiger partial charge in [-0.3, -0.25) is 0 Å². The standard InChI is InChI=1S/C3H4OS.Na/c1-2-3(4)5;/h2H,1H2,(H,4,5);/q;+1/p-1. The van der Waals surface area contributed by atoms with Crippen LogP contribution in [-0.4, -0.2) is 5.12 Å². The van der Waals surface area contributed by atoms with Gasteiger partial charge in [0.05, 0.1) is 0 Å². The first kappa shape index (κ1) is 9.80. The third kappa shape index (κ3) is 8.82. The Labute approximate surface area is 64.5 Å². The van der Waals surface area contributed by atoms with E-state index in [4.69, 9.17) is 0 Å². The molecular formula is C3H3NaOS. The van der Waals surface area contributed by atoms with Gasteiger partial charge < -0.3 is 17.4 Å². The molecule has 0 saturated carbocycles. The minimum absolute atomic E-state index is 0. The monoisotopic (exact) mass is 110 g/mol. The van der Waals surface area contributed by atoms with E-state index in [1.54, 1.807) is 0 Å². The van der Waals surface area contributed by atoms with Crippen LogP contribution in [0.5, 0.6) is 0 Å². The molecule has 0 atom stereocenters. The summed E-state index contributed by atoms with van der Waals surface area (Å²) in [5.74, 6) is 0. The summed E-state index contributed by atoms with van der Waals surface area (Å²) in [7, 11) is 0. The number of carbonyl (C=O) groups is 1. The predicted octanol–water partition coefficient (Wildman–Crippen LogP) is -2.75. The van der Waals surface area contributed by atoms with E-state index < -0.39 is 5.12 Å². The number of rotatable bonds is 1. The van der Waals surface area contributed by atoms with Crippen molar-refractivity contribution in [3.8, 4) is 0 Å². The zero-order chi connectivity index (χ0) is 4.28. The molecule has 0 aromatic rings. The maximum absolute atomic E-state index is 9.51. The average Bonchev–Trinajstić information content (AvgIpc) is 1.38. The molecule has 0 N–H and O–H groups in total. The summed E-state index contributed by atoms with van der Waals surface area (Å²) >= 11 is 4.02. The molecule has 0 aromatic carbocycles. The van der Waals surface area contributed by atoms with E-state index in [2.05, 4.69) is 19.2 Å². The van der Waals surface area contributed by atoms with Crippen molar-refractivity contribution in [2.45, 2.75) is 0 Å². The topological polar surface area (TPSA) is 17.1 Å². The maximum atomic E-state index is 9.51. The normalized spacial score (nSPS) is 5.33. The first-order chi connectivity index (χ1) is 2.27. The van der Waals surface area contributed by atoms with Crippen molar-refractivity contribution in [1.29, 1.82) is 0 Å². The molecule has 0 fully saturated rings. The maximum Gasteiger partial charge on any atom is 1.00 e. The Balaban J connectivity index is 0. The van der Waals surface area contributed by atoms with Crippen molar-refractivity contribution in [3.63, 3.8) is 0 Å². The third-order valence-electron chi connectivity index (χ3n) is 0.167.